The van der Waals surface area contributed by atoms with E-state index in [1.54, 1.807) is 36.0 Å². The molecule has 3 rings (SSSR count). The number of carboxylic acid groups (broad SMARTS) is 1. The molecule has 7 heteroatoms. The van der Waals surface area contributed by atoms with Crippen molar-refractivity contribution < 1.29 is 29.3 Å². The Kier molecular flexibility index (Phi) is 9.16. The number of hydrogen-bond acceptors (Lipinski definition) is 6. The zero-order valence-electron chi connectivity index (χ0n) is 19.7. The number of carbonyl (C=O) groups is 3. The highest BCUT2D eigenvalue weighted by Crippen LogP contribution is 2.38. The van der Waals surface area contributed by atoms with Crippen molar-refractivity contribution in [2.45, 2.75) is 81.5 Å². The highest BCUT2D eigenvalue weighted by atomic mass is 32.2. The van der Waals surface area contributed by atoms with Crippen LogP contribution in [-0.2, 0) is 11.2 Å². The largest absolute Gasteiger partial charge is 0.507 e. The Morgan fingerprint density at radius 3 is 2.44 bits per heavy atom. The van der Waals surface area contributed by atoms with Gasteiger partial charge >= 0.3 is 5.97 Å². The summed E-state index contributed by atoms with van der Waals surface area (Å²) in [7, 11) is 0. The molecule has 1 fully saturated rings. The molecule has 2 aromatic carbocycles. The molecule has 0 unspecified atom stereocenters. The highest BCUT2D eigenvalue weighted by molar-refractivity contribution is 8.00. The number of aromatic hydroxyl groups is 1. The number of thioether (sulfide) groups is 1. The molecule has 0 radical (unpaired) electrons. The first-order valence-corrected chi connectivity index (χ1v) is 12.7. The fraction of sp³-hybridized carbons (Fsp3) is 0.444. The molecule has 2 aromatic rings. The summed E-state index contributed by atoms with van der Waals surface area (Å²) in [5.74, 6) is -0.602. The quantitative estimate of drug-likeness (QED) is 0.373. The normalized spacial score (nSPS) is 17.8. The number of ketones is 2. The van der Waals surface area contributed by atoms with Crippen molar-refractivity contribution in [1.82, 2.24) is 0 Å². The molecule has 0 aliphatic heterocycles. The molecule has 0 spiro atoms. The van der Waals surface area contributed by atoms with Gasteiger partial charge in [0.25, 0.3) is 0 Å². The van der Waals surface area contributed by atoms with Crippen LogP contribution in [0.1, 0.15) is 85.1 Å². The number of aliphatic carboxylic acids is 1. The molecule has 1 aliphatic carbocycles. The average Bonchev–Trinajstić information content (AvgIpc) is 2.80. The lowest BCUT2D eigenvalue weighted by Gasteiger charge is -2.30. The van der Waals surface area contributed by atoms with Gasteiger partial charge < -0.3 is 14.9 Å². The predicted molar refractivity (Wildman–Crippen MR) is 132 cm³/mol. The first kappa shape index (κ1) is 25.8. The molecule has 0 amide bonds. The third-order valence-electron chi connectivity index (χ3n) is 6.04. The summed E-state index contributed by atoms with van der Waals surface area (Å²) < 4.78 is 6.34. The van der Waals surface area contributed by atoms with Gasteiger partial charge in [0.15, 0.2) is 11.6 Å². The number of hydrogen-bond donors (Lipinski definition) is 2. The number of phenols is 1. The molecule has 0 aromatic heterocycles. The van der Waals surface area contributed by atoms with Crippen molar-refractivity contribution in [3.05, 3.63) is 53.1 Å². The summed E-state index contributed by atoms with van der Waals surface area (Å²) in [6.45, 7) is 3.48. The van der Waals surface area contributed by atoms with Crippen LogP contribution in [0.5, 0.6) is 11.5 Å². The Bertz CT molecular complexity index is 1030. The van der Waals surface area contributed by atoms with Gasteiger partial charge in [0, 0.05) is 27.7 Å². The van der Waals surface area contributed by atoms with Crippen LogP contribution in [0.3, 0.4) is 0 Å². The van der Waals surface area contributed by atoms with E-state index in [0.29, 0.717) is 34.1 Å². The second-order valence-electron chi connectivity index (χ2n) is 8.73. The van der Waals surface area contributed by atoms with E-state index in [1.807, 2.05) is 19.1 Å². The summed E-state index contributed by atoms with van der Waals surface area (Å²) in [5.41, 5.74) is 1.57. The minimum absolute atomic E-state index is 0.00639. The average molecular weight is 485 g/mol. The van der Waals surface area contributed by atoms with Crippen LogP contribution in [-0.4, -0.2) is 39.1 Å². The number of Topliss-reactive ketones (excluding diaryl/α,β-unsaturated/α-hetero) is 2. The van der Waals surface area contributed by atoms with E-state index < -0.39 is 5.97 Å². The Hall–Kier alpha value is -2.80. The highest BCUT2D eigenvalue weighted by Gasteiger charge is 2.26. The van der Waals surface area contributed by atoms with E-state index in [2.05, 4.69) is 0 Å². The van der Waals surface area contributed by atoms with Gasteiger partial charge in [-0.2, -0.15) is 0 Å². The zero-order chi connectivity index (χ0) is 24.7. The Morgan fingerprint density at radius 1 is 1.06 bits per heavy atom. The van der Waals surface area contributed by atoms with Gasteiger partial charge in [0.2, 0.25) is 0 Å². The molecule has 34 heavy (non-hydrogen) atoms. The first-order valence-electron chi connectivity index (χ1n) is 11.8. The summed E-state index contributed by atoms with van der Waals surface area (Å²) >= 11 is 1.76. The van der Waals surface area contributed by atoms with Gasteiger partial charge in [-0.05, 0) is 63.3 Å². The van der Waals surface area contributed by atoms with Crippen LogP contribution in [0.2, 0.25) is 0 Å². The number of benzene rings is 2. The molecule has 0 saturated heterocycles. The number of phenolic OH excluding ortho intramolecular Hbond substituents is 1. The lowest BCUT2D eigenvalue weighted by Crippen LogP contribution is -2.27. The van der Waals surface area contributed by atoms with Crippen LogP contribution in [0, 0.1) is 0 Å². The lowest BCUT2D eigenvalue weighted by molar-refractivity contribution is -0.136. The Morgan fingerprint density at radius 2 is 1.79 bits per heavy atom. The Balaban J connectivity index is 1.63. The zero-order valence-corrected chi connectivity index (χ0v) is 20.5. The van der Waals surface area contributed by atoms with Gasteiger partial charge in [0.05, 0.1) is 18.1 Å². The molecule has 0 heterocycles. The Labute approximate surface area is 204 Å². The second-order valence-corrected chi connectivity index (χ2v) is 10.1. The minimum atomic E-state index is -0.971. The fourth-order valence-electron chi connectivity index (χ4n) is 4.28. The number of rotatable bonds is 11. The van der Waals surface area contributed by atoms with Crippen molar-refractivity contribution in [2.75, 3.05) is 0 Å². The van der Waals surface area contributed by atoms with Crippen LogP contribution < -0.4 is 4.74 Å². The van der Waals surface area contributed by atoms with E-state index >= 15 is 0 Å². The molecule has 182 valence electrons. The number of ether oxygens (including phenoxy) is 1. The van der Waals surface area contributed by atoms with E-state index in [9.17, 15) is 19.5 Å². The van der Waals surface area contributed by atoms with Crippen molar-refractivity contribution in [3.63, 3.8) is 0 Å². The maximum Gasteiger partial charge on any atom is 0.303 e. The monoisotopic (exact) mass is 484 g/mol. The molecule has 2 atom stereocenters. The van der Waals surface area contributed by atoms with Gasteiger partial charge in [-0.15, -0.1) is 11.8 Å². The second kappa shape index (κ2) is 12.1. The third kappa shape index (κ3) is 6.86. The van der Waals surface area contributed by atoms with Crippen molar-refractivity contribution >= 4 is 29.3 Å². The van der Waals surface area contributed by atoms with Crippen molar-refractivity contribution in [1.29, 1.82) is 0 Å². The van der Waals surface area contributed by atoms with Gasteiger partial charge in [-0.25, -0.2) is 0 Å². The van der Waals surface area contributed by atoms with Crippen LogP contribution in [0.15, 0.2) is 41.3 Å². The summed E-state index contributed by atoms with van der Waals surface area (Å²) in [6.07, 6.45) is 5.27. The molecule has 1 saturated carbocycles. The molecule has 2 N–H and O–H groups in total. The van der Waals surface area contributed by atoms with Crippen molar-refractivity contribution in [3.8, 4) is 11.5 Å². The summed E-state index contributed by atoms with van der Waals surface area (Å²) in [6, 6.07) is 10.8. The van der Waals surface area contributed by atoms with Gasteiger partial charge in [-0.1, -0.05) is 25.5 Å². The van der Waals surface area contributed by atoms with Crippen molar-refractivity contribution in [2.24, 2.45) is 0 Å². The van der Waals surface area contributed by atoms with Gasteiger partial charge in [0.1, 0.15) is 11.5 Å². The van der Waals surface area contributed by atoms with E-state index in [0.717, 1.165) is 37.0 Å². The molecular weight excluding hydrogens is 452 g/mol. The van der Waals surface area contributed by atoms with Crippen LogP contribution >= 0.6 is 11.8 Å². The first-order chi connectivity index (χ1) is 16.3. The maximum absolute atomic E-state index is 12.1. The van der Waals surface area contributed by atoms with E-state index in [1.165, 1.54) is 6.92 Å². The smallest absolute Gasteiger partial charge is 0.303 e. The van der Waals surface area contributed by atoms with E-state index in [-0.39, 0.29) is 36.3 Å². The fourth-order valence-corrected chi connectivity index (χ4v) is 5.55. The molecular formula is C27H32O6S. The van der Waals surface area contributed by atoms with E-state index in [4.69, 9.17) is 9.84 Å². The molecule has 1 aliphatic rings. The third-order valence-corrected chi connectivity index (χ3v) is 7.34. The number of carboxylic acids is 1. The van der Waals surface area contributed by atoms with Crippen LogP contribution in [0.4, 0.5) is 0 Å². The minimum Gasteiger partial charge on any atom is -0.507 e. The molecule has 6 nitrogen and oxygen atoms in total. The summed E-state index contributed by atoms with van der Waals surface area (Å²) in [5, 5.41) is 19.7. The molecule has 0 bridgehead atoms. The lowest BCUT2D eigenvalue weighted by atomic mass is 9.96. The predicted octanol–water partition coefficient (Wildman–Crippen LogP) is 6.08. The standard InChI is InChI=1S/C27H32O6S/c1-3-5-23-25(14-12-22(17(2)28)27(23)32)33-19-6-4-7-21(16-19)34-20-10-8-18(9-11-20)24(29)13-15-26(30)31/h8-12,14,19,21,32H,3-7,13,15-16H2,1-2H3,(H,30,31)/t19-,21+/m0/s1. The SMILES string of the molecule is CCCc1c(O[C@H]2CCC[C@@H](Sc3ccc(C(=O)CCC(=O)O)cc3)C2)ccc(C(C)=O)c1O. The maximum atomic E-state index is 12.1. The van der Waals surface area contributed by atoms with Crippen LogP contribution in [0.25, 0.3) is 0 Å². The number of carbonyl (C=O) groups excluding carboxylic acids is 2. The van der Waals surface area contributed by atoms with Gasteiger partial charge in [-0.3, -0.25) is 14.4 Å². The summed E-state index contributed by atoms with van der Waals surface area (Å²) in [4.78, 5) is 35.6. The topological polar surface area (TPSA) is 101 Å².